The first kappa shape index (κ1) is 16.5. The first-order valence-corrected chi connectivity index (χ1v) is 7.69. The molecular formula is C18H24N2O2. The molecule has 0 aliphatic heterocycles. The number of aromatic nitrogens is 1. The molecule has 1 aromatic heterocycles. The highest BCUT2D eigenvalue weighted by Gasteiger charge is 2.44. The average Bonchev–Trinajstić information content (AvgIpc) is 2.53. The molecule has 118 valence electrons. The van der Waals surface area contributed by atoms with Crippen LogP contribution in [0.25, 0.3) is 0 Å². The minimum Gasteiger partial charge on any atom is -0.481 e. The number of pyridine rings is 1. The Morgan fingerprint density at radius 1 is 1.50 bits per heavy atom. The van der Waals surface area contributed by atoms with E-state index in [2.05, 4.69) is 11.1 Å². The number of methoxy groups -OCH3 is 1. The van der Waals surface area contributed by atoms with Gasteiger partial charge in [0.25, 0.3) is 0 Å². The summed E-state index contributed by atoms with van der Waals surface area (Å²) < 4.78 is 5.21. The summed E-state index contributed by atoms with van der Waals surface area (Å²) in [6.45, 7) is 7.84. The molecule has 0 amide bonds. The summed E-state index contributed by atoms with van der Waals surface area (Å²) in [6, 6.07) is 6.15. The topological polar surface area (TPSA) is 66.1 Å². The van der Waals surface area contributed by atoms with E-state index in [1.54, 1.807) is 13.2 Å². The van der Waals surface area contributed by atoms with Crippen molar-refractivity contribution in [3.8, 4) is 11.9 Å². The van der Waals surface area contributed by atoms with Crippen molar-refractivity contribution in [2.75, 3.05) is 7.11 Å². The van der Waals surface area contributed by atoms with Crippen molar-refractivity contribution in [1.29, 1.82) is 5.26 Å². The van der Waals surface area contributed by atoms with E-state index in [4.69, 9.17) is 4.74 Å². The van der Waals surface area contributed by atoms with Gasteiger partial charge in [0.2, 0.25) is 5.88 Å². The fourth-order valence-electron chi connectivity index (χ4n) is 3.45. The number of fused-ring (bicyclic) bond motifs is 1. The lowest BCUT2D eigenvalue weighted by Crippen LogP contribution is -2.41. The van der Waals surface area contributed by atoms with Crippen molar-refractivity contribution in [3.63, 3.8) is 0 Å². The summed E-state index contributed by atoms with van der Waals surface area (Å²) in [5, 5.41) is 20.5. The normalized spacial score (nSPS) is 27.4. The second-order valence-electron chi connectivity index (χ2n) is 6.37. The van der Waals surface area contributed by atoms with E-state index in [9.17, 15) is 10.4 Å². The van der Waals surface area contributed by atoms with Gasteiger partial charge in [-0.15, -0.1) is 0 Å². The van der Waals surface area contributed by atoms with E-state index in [-0.39, 0.29) is 11.8 Å². The summed E-state index contributed by atoms with van der Waals surface area (Å²) >= 11 is 0. The zero-order valence-electron chi connectivity index (χ0n) is 13.9. The Morgan fingerprint density at radius 3 is 2.68 bits per heavy atom. The molecule has 0 bridgehead atoms. The fraction of sp³-hybridized carbons (Fsp3) is 0.556. The third-order valence-corrected chi connectivity index (χ3v) is 4.72. The van der Waals surface area contributed by atoms with Crippen molar-refractivity contribution in [1.82, 2.24) is 4.98 Å². The van der Waals surface area contributed by atoms with E-state index < -0.39 is 11.5 Å². The largest absolute Gasteiger partial charge is 0.481 e. The highest BCUT2D eigenvalue weighted by molar-refractivity contribution is 5.50. The molecule has 0 spiro atoms. The average molecular weight is 300 g/mol. The van der Waals surface area contributed by atoms with Crippen LogP contribution in [0.4, 0.5) is 0 Å². The molecule has 1 N–H and O–H groups in total. The predicted molar refractivity (Wildman–Crippen MR) is 85.5 cm³/mol. The molecule has 3 atom stereocenters. The molecule has 2 rings (SSSR count). The van der Waals surface area contributed by atoms with Gasteiger partial charge in [0.05, 0.1) is 25.0 Å². The van der Waals surface area contributed by atoms with Crippen molar-refractivity contribution < 1.29 is 9.84 Å². The van der Waals surface area contributed by atoms with Gasteiger partial charge >= 0.3 is 0 Å². The number of aliphatic hydroxyl groups is 1. The third-order valence-electron chi connectivity index (χ3n) is 4.72. The smallest absolute Gasteiger partial charge is 0.213 e. The standard InChI is InChI=1S/C18H24N2O2/c1-6-13-12(17(21)11(2)3)9-15-14(18(13,4)10-19)7-8-16(20-15)22-5/h6-8,11-12,17,21H,9H2,1-5H3/b13-6+. The van der Waals surface area contributed by atoms with Gasteiger partial charge in [-0.3, -0.25) is 0 Å². The van der Waals surface area contributed by atoms with Gasteiger partial charge in [0.15, 0.2) is 0 Å². The second kappa shape index (κ2) is 6.10. The van der Waals surface area contributed by atoms with Crippen molar-refractivity contribution >= 4 is 0 Å². The Hall–Kier alpha value is -1.86. The quantitative estimate of drug-likeness (QED) is 0.871. The molecule has 0 saturated heterocycles. The number of hydrogen-bond donors (Lipinski definition) is 1. The third kappa shape index (κ3) is 2.50. The minimum atomic E-state index is -0.762. The van der Waals surface area contributed by atoms with Crippen molar-refractivity contribution in [2.45, 2.75) is 45.6 Å². The van der Waals surface area contributed by atoms with Gasteiger partial charge in [0, 0.05) is 12.0 Å². The van der Waals surface area contributed by atoms with Crippen molar-refractivity contribution in [2.24, 2.45) is 11.8 Å². The van der Waals surface area contributed by atoms with Crippen LogP contribution in [-0.2, 0) is 11.8 Å². The first-order valence-electron chi connectivity index (χ1n) is 7.69. The van der Waals surface area contributed by atoms with Gasteiger partial charge in [-0.05, 0) is 43.4 Å². The molecule has 1 aliphatic carbocycles. The molecular weight excluding hydrogens is 276 g/mol. The molecule has 1 aromatic rings. The number of rotatable bonds is 3. The molecule has 0 radical (unpaired) electrons. The summed E-state index contributed by atoms with van der Waals surface area (Å²) in [4.78, 5) is 4.52. The number of aliphatic hydroxyl groups excluding tert-OH is 1. The van der Waals surface area contributed by atoms with Crippen LogP contribution in [0.5, 0.6) is 5.88 Å². The molecule has 22 heavy (non-hydrogen) atoms. The molecule has 0 fully saturated rings. The highest BCUT2D eigenvalue weighted by atomic mass is 16.5. The van der Waals surface area contributed by atoms with Gasteiger partial charge in [-0.1, -0.05) is 19.9 Å². The van der Waals surface area contributed by atoms with Crippen LogP contribution in [0.15, 0.2) is 23.8 Å². The predicted octanol–water partition coefficient (Wildman–Crippen LogP) is 3.01. The van der Waals surface area contributed by atoms with Crippen LogP contribution in [0.2, 0.25) is 0 Å². The van der Waals surface area contributed by atoms with Gasteiger partial charge in [-0.2, -0.15) is 5.26 Å². The lowest BCUT2D eigenvalue weighted by Gasteiger charge is -2.40. The Bertz CT molecular complexity index is 630. The summed E-state index contributed by atoms with van der Waals surface area (Å²) in [7, 11) is 1.58. The van der Waals surface area contributed by atoms with E-state index in [0.717, 1.165) is 16.8 Å². The minimum absolute atomic E-state index is 0.0956. The van der Waals surface area contributed by atoms with Gasteiger partial charge in [0.1, 0.15) is 5.41 Å². The summed E-state index contributed by atoms with van der Waals surface area (Å²) in [5.41, 5.74) is 1.98. The monoisotopic (exact) mass is 300 g/mol. The Labute approximate surface area is 132 Å². The first-order chi connectivity index (χ1) is 10.4. The van der Waals surface area contributed by atoms with E-state index in [0.29, 0.717) is 12.3 Å². The molecule has 4 heteroatoms. The second-order valence-corrected chi connectivity index (χ2v) is 6.37. The maximum absolute atomic E-state index is 10.6. The Balaban J connectivity index is 2.63. The SMILES string of the molecule is C/C=C1\C(C(O)C(C)C)Cc2nc(OC)ccc2C1(C)C#N. The van der Waals surface area contributed by atoms with Crippen LogP contribution >= 0.6 is 0 Å². The molecule has 1 aliphatic rings. The molecule has 0 saturated carbocycles. The van der Waals surface area contributed by atoms with E-state index >= 15 is 0 Å². The molecule has 1 heterocycles. The summed E-state index contributed by atoms with van der Waals surface area (Å²) in [6.07, 6.45) is 2.11. The Morgan fingerprint density at radius 2 is 2.18 bits per heavy atom. The van der Waals surface area contributed by atoms with Crippen LogP contribution in [0.3, 0.4) is 0 Å². The zero-order chi connectivity index (χ0) is 16.5. The van der Waals surface area contributed by atoms with Crippen LogP contribution in [-0.4, -0.2) is 23.3 Å². The Kier molecular flexibility index (Phi) is 4.58. The van der Waals surface area contributed by atoms with Crippen LogP contribution < -0.4 is 4.74 Å². The lowest BCUT2D eigenvalue weighted by atomic mass is 9.63. The fourth-order valence-corrected chi connectivity index (χ4v) is 3.45. The maximum atomic E-state index is 10.6. The molecule has 3 unspecified atom stereocenters. The zero-order valence-corrected chi connectivity index (χ0v) is 13.9. The number of hydrogen-bond acceptors (Lipinski definition) is 4. The van der Waals surface area contributed by atoms with E-state index in [1.807, 2.05) is 39.8 Å². The molecule has 0 aromatic carbocycles. The van der Waals surface area contributed by atoms with E-state index in [1.165, 1.54) is 0 Å². The van der Waals surface area contributed by atoms with Crippen molar-refractivity contribution in [3.05, 3.63) is 35.0 Å². The van der Waals surface area contributed by atoms with Crippen LogP contribution in [0, 0.1) is 23.2 Å². The summed E-state index contributed by atoms with van der Waals surface area (Å²) in [5.74, 6) is 0.567. The number of nitriles is 1. The number of ether oxygens (including phenoxy) is 1. The van der Waals surface area contributed by atoms with Gasteiger partial charge in [-0.25, -0.2) is 4.98 Å². The maximum Gasteiger partial charge on any atom is 0.213 e. The molecule has 4 nitrogen and oxygen atoms in total. The number of allylic oxidation sites excluding steroid dienone is 1. The van der Waals surface area contributed by atoms with Gasteiger partial charge < -0.3 is 9.84 Å². The number of nitrogens with zero attached hydrogens (tertiary/aromatic N) is 2. The highest BCUT2D eigenvalue weighted by Crippen LogP contribution is 2.45. The lowest BCUT2D eigenvalue weighted by molar-refractivity contribution is 0.0723. The van der Waals surface area contributed by atoms with Crippen LogP contribution in [0.1, 0.15) is 39.0 Å².